The van der Waals surface area contributed by atoms with E-state index < -0.39 is 0 Å². The first-order valence-electron chi connectivity index (χ1n) is 5.47. The van der Waals surface area contributed by atoms with E-state index in [2.05, 4.69) is 26.1 Å². The van der Waals surface area contributed by atoms with Crippen molar-refractivity contribution in [3.8, 4) is 0 Å². The molecule has 6 heteroatoms. The van der Waals surface area contributed by atoms with Crippen molar-refractivity contribution in [2.45, 2.75) is 25.2 Å². The number of nitrogens with zero attached hydrogens (tertiary/aromatic N) is 3. The minimum absolute atomic E-state index is 0.183. The molecular weight excluding hydrogens is 290 g/mol. The Hall–Kier alpha value is -0.490. The lowest BCUT2D eigenvalue weighted by Crippen LogP contribution is -2.24. The maximum atomic E-state index is 11.8. The molecule has 1 saturated heterocycles. The maximum absolute atomic E-state index is 11.8. The van der Waals surface area contributed by atoms with Crippen molar-refractivity contribution in [2.24, 2.45) is 5.92 Å². The van der Waals surface area contributed by atoms with Crippen molar-refractivity contribution in [2.75, 3.05) is 16.8 Å². The second-order valence-corrected chi connectivity index (χ2v) is 6.06. The van der Waals surface area contributed by atoms with Crippen LogP contribution in [0, 0.1) is 5.92 Å². The SMILES string of the molecule is O=C1CC(CBr)CN1c1nnc(C2CC2)s1. The van der Waals surface area contributed by atoms with E-state index in [1.165, 1.54) is 12.8 Å². The Morgan fingerprint density at radius 3 is 2.88 bits per heavy atom. The lowest BCUT2D eigenvalue weighted by Gasteiger charge is -2.10. The number of hydrogen-bond acceptors (Lipinski definition) is 4. The van der Waals surface area contributed by atoms with Crippen molar-refractivity contribution >= 4 is 38.3 Å². The van der Waals surface area contributed by atoms with Crippen molar-refractivity contribution in [3.05, 3.63) is 5.01 Å². The molecule has 0 N–H and O–H groups in total. The van der Waals surface area contributed by atoms with E-state index in [1.807, 2.05) is 0 Å². The summed E-state index contributed by atoms with van der Waals surface area (Å²) in [5, 5.41) is 11.1. The quantitative estimate of drug-likeness (QED) is 0.804. The third-order valence-electron chi connectivity index (χ3n) is 3.01. The number of amides is 1. The van der Waals surface area contributed by atoms with Crippen molar-refractivity contribution in [3.63, 3.8) is 0 Å². The normalized spacial score (nSPS) is 25.4. The van der Waals surface area contributed by atoms with E-state index in [9.17, 15) is 4.79 Å². The van der Waals surface area contributed by atoms with Gasteiger partial charge in [-0.15, -0.1) is 10.2 Å². The number of hydrogen-bond donors (Lipinski definition) is 0. The predicted octanol–water partition coefficient (Wildman–Crippen LogP) is 2.16. The summed E-state index contributed by atoms with van der Waals surface area (Å²) in [6.07, 6.45) is 3.09. The summed E-state index contributed by atoms with van der Waals surface area (Å²) in [4.78, 5) is 13.6. The number of carbonyl (C=O) groups is 1. The second kappa shape index (κ2) is 4.07. The van der Waals surface area contributed by atoms with Crippen molar-refractivity contribution in [1.82, 2.24) is 10.2 Å². The van der Waals surface area contributed by atoms with E-state index in [0.717, 1.165) is 22.0 Å². The first kappa shape index (κ1) is 10.7. The molecular formula is C10H12BrN3OS. The Labute approximate surface area is 106 Å². The highest BCUT2D eigenvalue weighted by Gasteiger charge is 2.34. The first-order valence-corrected chi connectivity index (χ1v) is 7.41. The number of rotatable bonds is 3. The summed E-state index contributed by atoms with van der Waals surface area (Å²) in [6.45, 7) is 0.781. The Morgan fingerprint density at radius 2 is 2.25 bits per heavy atom. The first-order chi connectivity index (χ1) is 7.78. The molecule has 2 heterocycles. The number of alkyl halides is 1. The van der Waals surface area contributed by atoms with Gasteiger partial charge in [-0.05, 0) is 18.8 Å². The molecule has 4 nitrogen and oxygen atoms in total. The fourth-order valence-corrected chi connectivity index (χ4v) is 3.37. The van der Waals surface area contributed by atoms with Crippen LogP contribution in [0.25, 0.3) is 0 Å². The highest BCUT2D eigenvalue weighted by molar-refractivity contribution is 9.09. The number of aromatic nitrogens is 2. The molecule has 1 saturated carbocycles. The summed E-state index contributed by atoms with van der Waals surface area (Å²) in [5.74, 6) is 1.22. The van der Waals surface area contributed by atoms with Crippen LogP contribution in [0.3, 0.4) is 0 Å². The van der Waals surface area contributed by atoms with Crippen LogP contribution in [0.15, 0.2) is 0 Å². The minimum Gasteiger partial charge on any atom is -0.286 e. The van der Waals surface area contributed by atoms with Crippen LogP contribution in [-0.2, 0) is 4.79 Å². The molecule has 16 heavy (non-hydrogen) atoms. The second-order valence-electron chi connectivity index (χ2n) is 4.43. The Kier molecular flexibility index (Phi) is 2.71. The summed E-state index contributed by atoms with van der Waals surface area (Å²) in [5.41, 5.74) is 0. The average molecular weight is 302 g/mol. The van der Waals surface area contributed by atoms with Crippen LogP contribution in [0.1, 0.15) is 30.2 Å². The molecule has 1 aliphatic carbocycles. The van der Waals surface area contributed by atoms with Gasteiger partial charge in [-0.25, -0.2) is 0 Å². The van der Waals surface area contributed by atoms with Crippen LogP contribution in [0.5, 0.6) is 0 Å². The topological polar surface area (TPSA) is 46.1 Å². The van der Waals surface area contributed by atoms with E-state index in [1.54, 1.807) is 16.2 Å². The molecule has 0 bridgehead atoms. The van der Waals surface area contributed by atoms with Crippen LogP contribution in [0.2, 0.25) is 0 Å². The highest BCUT2D eigenvalue weighted by Crippen LogP contribution is 2.43. The van der Waals surface area contributed by atoms with Gasteiger partial charge < -0.3 is 0 Å². The van der Waals surface area contributed by atoms with Gasteiger partial charge >= 0.3 is 0 Å². The van der Waals surface area contributed by atoms with Crippen LogP contribution < -0.4 is 4.90 Å². The lowest BCUT2D eigenvalue weighted by atomic mass is 10.2. The van der Waals surface area contributed by atoms with Gasteiger partial charge in [-0.1, -0.05) is 27.3 Å². The summed E-state index contributed by atoms with van der Waals surface area (Å²) in [7, 11) is 0. The van der Waals surface area contributed by atoms with E-state index in [0.29, 0.717) is 18.3 Å². The largest absolute Gasteiger partial charge is 0.286 e. The van der Waals surface area contributed by atoms with Gasteiger partial charge in [0.1, 0.15) is 5.01 Å². The molecule has 86 valence electrons. The summed E-state index contributed by atoms with van der Waals surface area (Å²) < 4.78 is 0. The molecule has 1 aromatic rings. The van der Waals surface area contributed by atoms with Gasteiger partial charge in [0, 0.05) is 24.2 Å². The Morgan fingerprint density at radius 1 is 1.44 bits per heavy atom. The minimum atomic E-state index is 0.183. The average Bonchev–Trinajstić information content (AvgIpc) is 2.89. The smallest absolute Gasteiger partial charge is 0.229 e. The predicted molar refractivity (Wildman–Crippen MR) is 66.1 cm³/mol. The zero-order valence-electron chi connectivity index (χ0n) is 8.73. The molecule has 0 aromatic carbocycles. The van der Waals surface area contributed by atoms with Crippen LogP contribution in [-0.4, -0.2) is 28.0 Å². The van der Waals surface area contributed by atoms with E-state index >= 15 is 0 Å². The summed E-state index contributed by atoms with van der Waals surface area (Å²) in [6, 6.07) is 0. The zero-order valence-corrected chi connectivity index (χ0v) is 11.1. The number of carbonyl (C=O) groups excluding carboxylic acids is 1. The molecule has 1 unspecified atom stereocenters. The maximum Gasteiger partial charge on any atom is 0.229 e. The molecule has 1 aromatic heterocycles. The fraction of sp³-hybridized carbons (Fsp3) is 0.700. The van der Waals surface area contributed by atoms with Gasteiger partial charge in [0.2, 0.25) is 11.0 Å². The molecule has 2 fully saturated rings. The molecule has 0 radical (unpaired) electrons. The van der Waals surface area contributed by atoms with Crippen molar-refractivity contribution < 1.29 is 4.79 Å². The third-order valence-corrected chi connectivity index (χ3v) is 5.04. The van der Waals surface area contributed by atoms with Gasteiger partial charge in [0.15, 0.2) is 0 Å². The standard InChI is InChI=1S/C10H12BrN3OS/c11-4-6-3-8(15)14(5-6)10-13-12-9(16-10)7-1-2-7/h6-7H,1-5H2. The molecule has 1 aliphatic heterocycles. The fourth-order valence-electron chi connectivity index (χ4n) is 1.90. The van der Waals surface area contributed by atoms with Crippen LogP contribution in [0.4, 0.5) is 5.13 Å². The highest BCUT2D eigenvalue weighted by atomic mass is 79.9. The molecule has 1 amide bonds. The third kappa shape index (κ3) is 1.88. The summed E-state index contributed by atoms with van der Waals surface area (Å²) >= 11 is 5.02. The molecule has 2 aliphatic rings. The molecule has 3 rings (SSSR count). The Bertz CT molecular complexity index is 418. The Balaban J connectivity index is 1.78. The van der Waals surface area contributed by atoms with E-state index in [-0.39, 0.29) is 5.91 Å². The van der Waals surface area contributed by atoms with Gasteiger partial charge in [-0.3, -0.25) is 9.69 Å². The number of halogens is 1. The van der Waals surface area contributed by atoms with Gasteiger partial charge in [-0.2, -0.15) is 0 Å². The van der Waals surface area contributed by atoms with Gasteiger partial charge in [0.05, 0.1) is 0 Å². The zero-order chi connectivity index (χ0) is 11.1. The number of anilines is 1. The van der Waals surface area contributed by atoms with Crippen LogP contribution >= 0.6 is 27.3 Å². The molecule has 0 spiro atoms. The monoisotopic (exact) mass is 301 g/mol. The van der Waals surface area contributed by atoms with Gasteiger partial charge in [0.25, 0.3) is 0 Å². The van der Waals surface area contributed by atoms with E-state index in [4.69, 9.17) is 0 Å². The lowest BCUT2D eigenvalue weighted by molar-refractivity contribution is -0.117. The molecule has 1 atom stereocenters. The van der Waals surface area contributed by atoms with Crippen molar-refractivity contribution in [1.29, 1.82) is 0 Å².